The van der Waals surface area contributed by atoms with Gasteiger partial charge in [-0.2, -0.15) is 0 Å². The zero-order valence-corrected chi connectivity index (χ0v) is 10.2. The van der Waals surface area contributed by atoms with E-state index in [0.29, 0.717) is 5.92 Å². The normalized spacial score (nSPS) is 17.8. The van der Waals surface area contributed by atoms with Crippen LogP contribution in [-0.4, -0.2) is 0 Å². The first-order valence-electron chi connectivity index (χ1n) is 5.84. The van der Waals surface area contributed by atoms with Gasteiger partial charge in [-0.1, -0.05) is 60.2 Å². The maximum absolute atomic E-state index is 5.91. The molecule has 1 aliphatic rings. The van der Waals surface area contributed by atoms with Gasteiger partial charge in [0.2, 0.25) is 0 Å². The fourth-order valence-corrected chi connectivity index (χ4v) is 2.47. The molecule has 17 heavy (non-hydrogen) atoms. The summed E-state index contributed by atoms with van der Waals surface area (Å²) in [7, 11) is 0. The van der Waals surface area contributed by atoms with E-state index in [9.17, 15) is 0 Å². The van der Waals surface area contributed by atoms with Crippen LogP contribution in [0, 0.1) is 0 Å². The van der Waals surface area contributed by atoms with Gasteiger partial charge in [0, 0.05) is 10.9 Å². The molecular formula is C16H13Cl. The second-order valence-electron chi connectivity index (χ2n) is 4.42. The second-order valence-corrected chi connectivity index (χ2v) is 4.86. The monoisotopic (exact) mass is 240 g/mol. The number of halogens is 1. The molecule has 0 aliphatic heterocycles. The highest BCUT2D eigenvalue weighted by atomic mass is 35.5. The SMILES string of the molecule is Clc1ccc(C2C=Cc3ccccc3C2)cc1. The van der Waals surface area contributed by atoms with Crippen LogP contribution in [0.25, 0.3) is 6.08 Å². The van der Waals surface area contributed by atoms with Crippen LogP contribution in [0.1, 0.15) is 22.6 Å². The Morgan fingerprint density at radius 2 is 1.71 bits per heavy atom. The lowest BCUT2D eigenvalue weighted by Crippen LogP contribution is -2.05. The number of hydrogen-bond acceptors (Lipinski definition) is 0. The summed E-state index contributed by atoms with van der Waals surface area (Å²) in [6.07, 6.45) is 5.58. The highest BCUT2D eigenvalue weighted by Crippen LogP contribution is 2.30. The molecule has 1 atom stereocenters. The number of rotatable bonds is 1. The molecular weight excluding hydrogens is 228 g/mol. The molecule has 0 fully saturated rings. The number of hydrogen-bond donors (Lipinski definition) is 0. The van der Waals surface area contributed by atoms with E-state index in [1.165, 1.54) is 16.7 Å². The molecule has 0 nitrogen and oxygen atoms in total. The molecule has 0 radical (unpaired) electrons. The molecule has 1 aliphatic carbocycles. The van der Waals surface area contributed by atoms with Crippen molar-refractivity contribution >= 4 is 17.7 Å². The van der Waals surface area contributed by atoms with E-state index in [1.807, 2.05) is 12.1 Å². The van der Waals surface area contributed by atoms with Crippen molar-refractivity contribution in [1.82, 2.24) is 0 Å². The third-order valence-electron chi connectivity index (χ3n) is 3.30. The highest BCUT2D eigenvalue weighted by Gasteiger charge is 2.14. The van der Waals surface area contributed by atoms with Crippen LogP contribution < -0.4 is 0 Å². The van der Waals surface area contributed by atoms with Crippen molar-refractivity contribution in [3.8, 4) is 0 Å². The van der Waals surface area contributed by atoms with Gasteiger partial charge in [-0.15, -0.1) is 0 Å². The Bertz CT molecular complexity index is 552. The zero-order chi connectivity index (χ0) is 11.7. The molecule has 0 heterocycles. The largest absolute Gasteiger partial charge is 0.0843 e. The van der Waals surface area contributed by atoms with E-state index >= 15 is 0 Å². The minimum Gasteiger partial charge on any atom is -0.0843 e. The first-order valence-corrected chi connectivity index (χ1v) is 6.22. The molecule has 3 rings (SSSR count). The molecule has 0 spiro atoms. The summed E-state index contributed by atoms with van der Waals surface area (Å²) >= 11 is 5.91. The van der Waals surface area contributed by atoms with Crippen LogP contribution in [0.3, 0.4) is 0 Å². The highest BCUT2D eigenvalue weighted by molar-refractivity contribution is 6.30. The molecule has 1 unspecified atom stereocenters. The lowest BCUT2D eigenvalue weighted by atomic mass is 9.85. The van der Waals surface area contributed by atoms with E-state index in [1.54, 1.807) is 0 Å². The first kappa shape index (κ1) is 10.6. The van der Waals surface area contributed by atoms with Crippen molar-refractivity contribution in [1.29, 1.82) is 0 Å². The van der Waals surface area contributed by atoms with Gasteiger partial charge in [0.05, 0.1) is 0 Å². The summed E-state index contributed by atoms with van der Waals surface area (Å²) in [5, 5.41) is 0.800. The number of benzene rings is 2. The quantitative estimate of drug-likeness (QED) is 0.678. The maximum atomic E-state index is 5.91. The Hall–Kier alpha value is -1.53. The van der Waals surface area contributed by atoms with Crippen molar-refractivity contribution in [2.45, 2.75) is 12.3 Å². The fourth-order valence-electron chi connectivity index (χ4n) is 2.35. The summed E-state index contributed by atoms with van der Waals surface area (Å²) in [6, 6.07) is 16.7. The molecule has 2 aromatic carbocycles. The van der Waals surface area contributed by atoms with Gasteiger partial charge < -0.3 is 0 Å². The molecule has 0 saturated heterocycles. The van der Waals surface area contributed by atoms with Crippen molar-refractivity contribution in [2.75, 3.05) is 0 Å². The Labute approximate surface area is 107 Å². The second kappa shape index (κ2) is 4.38. The lowest BCUT2D eigenvalue weighted by Gasteiger charge is -2.19. The molecule has 1 heteroatoms. The first-order chi connectivity index (χ1) is 8.33. The van der Waals surface area contributed by atoms with Crippen molar-refractivity contribution in [3.05, 3.63) is 76.3 Å². The van der Waals surface area contributed by atoms with Gasteiger partial charge >= 0.3 is 0 Å². The van der Waals surface area contributed by atoms with Crippen LogP contribution in [0.15, 0.2) is 54.6 Å². The topological polar surface area (TPSA) is 0 Å². The minimum absolute atomic E-state index is 0.474. The van der Waals surface area contributed by atoms with Crippen LogP contribution in [0.4, 0.5) is 0 Å². The van der Waals surface area contributed by atoms with E-state index in [4.69, 9.17) is 11.6 Å². The fraction of sp³-hybridized carbons (Fsp3) is 0.125. The summed E-state index contributed by atoms with van der Waals surface area (Å²) in [6.45, 7) is 0. The summed E-state index contributed by atoms with van der Waals surface area (Å²) in [4.78, 5) is 0. The van der Waals surface area contributed by atoms with Crippen LogP contribution >= 0.6 is 11.6 Å². The Balaban J connectivity index is 1.92. The van der Waals surface area contributed by atoms with E-state index in [2.05, 4.69) is 48.6 Å². The summed E-state index contributed by atoms with van der Waals surface area (Å²) < 4.78 is 0. The number of allylic oxidation sites excluding steroid dienone is 1. The Morgan fingerprint density at radius 3 is 2.53 bits per heavy atom. The average molecular weight is 241 g/mol. The average Bonchev–Trinajstić information content (AvgIpc) is 2.39. The van der Waals surface area contributed by atoms with E-state index < -0.39 is 0 Å². The number of fused-ring (bicyclic) bond motifs is 1. The van der Waals surface area contributed by atoms with Crippen molar-refractivity contribution in [2.24, 2.45) is 0 Å². The van der Waals surface area contributed by atoms with Gasteiger partial charge in [0.25, 0.3) is 0 Å². The molecule has 84 valence electrons. The zero-order valence-electron chi connectivity index (χ0n) is 9.44. The summed E-state index contributed by atoms with van der Waals surface area (Å²) in [5.41, 5.74) is 4.10. The smallest absolute Gasteiger partial charge is 0.0406 e. The molecule has 2 aromatic rings. The molecule has 0 saturated carbocycles. The third-order valence-corrected chi connectivity index (χ3v) is 3.55. The molecule has 0 bridgehead atoms. The predicted octanol–water partition coefficient (Wildman–Crippen LogP) is 4.69. The van der Waals surface area contributed by atoms with Crippen LogP contribution in [-0.2, 0) is 6.42 Å². The van der Waals surface area contributed by atoms with Crippen molar-refractivity contribution < 1.29 is 0 Å². The van der Waals surface area contributed by atoms with Gasteiger partial charge in [0.15, 0.2) is 0 Å². The van der Waals surface area contributed by atoms with E-state index in [-0.39, 0.29) is 0 Å². The van der Waals surface area contributed by atoms with Gasteiger partial charge in [0.1, 0.15) is 0 Å². The standard InChI is InChI=1S/C16H13Cl/c17-16-9-7-13(8-10-16)15-6-5-12-3-1-2-4-14(12)11-15/h1-10,15H,11H2. The summed E-state index contributed by atoms with van der Waals surface area (Å²) in [5.74, 6) is 0.474. The van der Waals surface area contributed by atoms with Crippen molar-refractivity contribution in [3.63, 3.8) is 0 Å². The minimum atomic E-state index is 0.474. The van der Waals surface area contributed by atoms with Gasteiger partial charge in [-0.05, 0) is 35.2 Å². The van der Waals surface area contributed by atoms with Gasteiger partial charge in [-0.3, -0.25) is 0 Å². The van der Waals surface area contributed by atoms with Gasteiger partial charge in [-0.25, -0.2) is 0 Å². The van der Waals surface area contributed by atoms with Crippen LogP contribution in [0.5, 0.6) is 0 Å². The lowest BCUT2D eigenvalue weighted by molar-refractivity contribution is 0.827. The molecule has 0 aromatic heterocycles. The Morgan fingerprint density at radius 1 is 0.941 bits per heavy atom. The molecule has 0 amide bonds. The third kappa shape index (κ3) is 2.13. The maximum Gasteiger partial charge on any atom is 0.0406 e. The molecule has 0 N–H and O–H groups in total. The van der Waals surface area contributed by atoms with Crippen LogP contribution in [0.2, 0.25) is 5.02 Å². The Kier molecular flexibility index (Phi) is 2.74. The predicted molar refractivity (Wildman–Crippen MR) is 73.4 cm³/mol. The van der Waals surface area contributed by atoms with E-state index in [0.717, 1.165) is 11.4 Å².